The molecule has 1 aliphatic carbocycles. The van der Waals surface area contributed by atoms with Crippen LogP contribution in [0.3, 0.4) is 0 Å². The number of ether oxygens (including phenoxy) is 2. The Bertz CT molecular complexity index is 361. The highest BCUT2D eigenvalue weighted by molar-refractivity contribution is 5.83. The summed E-state index contributed by atoms with van der Waals surface area (Å²) in [6.45, 7) is 3.04. The summed E-state index contributed by atoms with van der Waals surface area (Å²) in [5.41, 5.74) is -0.734. The first-order valence-corrected chi connectivity index (χ1v) is 7.28. The van der Waals surface area contributed by atoms with Crippen LogP contribution in [-0.4, -0.2) is 48.9 Å². The van der Waals surface area contributed by atoms with E-state index in [4.69, 9.17) is 14.6 Å². The number of carboxylic acid groups (broad SMARTS) is 1. The Morgan fingerprint density at radius 2 is 2.20 bits per heavy atom. The van der Waals surface area contributed by atoms with Gasteiger partial charge in [0.05, 0.1) is 18.1 Å². The molecule has 1 aliphatic heterocycles. The van der Waals surface area contributed by atoms with Crippen molar-refractivity contribution in [3.05, 3.63) is 0 Å². The number of nitrogens with one attached hydrogen (secondary N) is 1. The molecule has 114 valence electrons. The maximum absolute atomic E-state index is 11.8. The third-order valence-electron chi connectivity index (χ3n) is 4.08. The second-order valence-corrected chi connectivity index (χ2v) is 5.77. The Balaban J connectivity index is 1.65. The average Bonchev–Trinajstić information content (AvgIpc) is 3.24. The molecule has 6 heteroatoms. The minimum Gasteiger partial charge on any atom is -0.481 e. The van der Waals surface area contributed by atoms with E-state index >= 15 is 0 Å². The Morgan fingerprint density at radius 3 is 2.75 bits per heavy atom. The molecule has 0 spiro atoms. The molecule has 2 aliphatic rings. The number of amides is 1. The summed E-state index contributed by atoms with van der Waals surface area (Å²) < 4.78 is 11.0. The summed E-state index contributed by atoms with van der Waals surface area (Å²) in [5.74, 6) is -1.09. The summed E-state index contributed by atoms with van der Waals surface area (Å²) in [7, 11) is 0. The van der Waals surface area contributed by atoms with Crippen molar-refractivity contribution in [3.8, 4) is 0 Å². The van der Waals surface area contributed by atoms with Gasteiger partial charge in [-0.05, 0) is 39.0 Å². The van der Waals surface area contributed by atoms with E-state index < -0.39 is 17.5 Å². The summed E-state index contributed by atoms with van der Waals surface area (Å²) in [5, 5.41) is 11.7. The number of hydrogen-bond acceptors (Lipinski definition) is 4. The number of carbonyl (C=O) groups is 2. The molecule has 1 amide bonds. The molecule has 2 rings (SSSR count). The molecule has 0 bridgehead atoms. The lowest BCUT2D eigenvalue weighted by molar-refractivity contribution is -0.143. The van der Waals surface area contributed by atoms with Crippen LogP contribution in [0.4, 0.5) is 0 Å². The first kappa shape index (κ1) is 15.3. The van der Waals surface area contributed by atoms with Crippen molar-refractivity contribution in [2.24, 2.45) is 5.41 Å². The van der Waals surface area contributed by atoms with Gasteiger partial charge in [-0.2, -0.15) is 0 Å². The van der Waals surface area contributed by atoms with Crippen molar-refractivity contribution in [1.82, 2.24) is 5.32 Å². The van der Waals surface area contributed by atoms with Crippen LogP contribution in [0.5, 0.6) is 0 Å². The fourth-order valence-corrected chi connectivity index (χ4v) is 2.28. The molecule has 2 atom stereocenters. The van der Waals surface area contributed by atoms with Gasteiger partial charge in [-0.1, -0.05) is 0 Å². The zero-order valence-electron chi connectivity index (χ0n) is 11.9. The average molecular weight is 285 g/mol. The smallest absolute Gasteiger partial charge is 0.311 e. The predicted molar refractivity (Wildman–Crippen MR) is 71.3 cm³/mol. The maximum atomic E-state index is 11.8. The number of hydrogen-bond donors (Lipinski definition) is 2. The highest BCUT2D eigenvalue weighted by Gasteiger charge is 2.50. The van der Waals surface area contributed by atoms with E-state index in [-0.39, 0.29) is 18.6 Å². The van der Waals surface area contributed by atoms with Gasteiger partial charge in [0.1, 0.15) is 6.10 Å². The second kappa shape index (κ2) is 6.54. The summed E-state index contributed by atoms with van der Waals surface area (Å²) in [6.07, 6.45) is 3.95. The minimum absolute atomic E-state index is 0.0767. The maximum Gasteiger partial charge on any atom is 0.311 e. The van der Waals surface area contributed by atoms with Gasteiger partial charge in [-0.3, -0.25) is 9.59 Å². The molecule has 1 heterocycles. The van der Waals surface area contributed by atoms with Gasteiger partial charge in [-0.25, -0.2) is 0 Å². The van der Waals surface area contributed by atoms with Crippen molar-refractivity contribution in [3.63, 3.8) is 0 Å². The molecule has 2 fully saturated rings. The zero-order chi connectivity index (χ0) is 14.6. The van der Waals surface area contributed by atoms with E-state index in [0.29, 0.717) is 19.4 Å². The Labute approximate surface area is 118 Å². The third-order valence-corrected chi connectivity index (χ3v) is 4.08. The molecule has 20 heavy (non-hydrogen) atoms. The quantitative estimate of drug-likeness (QED) is 0.727. The van der Waals surface area contributed by atoms with E-state index in [9.17, 15) is 9.59 Å². The zero-order valence-corrected chi connectivity index (χ0v) is 11.9. The van der Waals surface area contributed by atoms with Crippen molar-refractivity contribution in [2.75, 3.05) is 19.8 Å². The Morgan fingerprint density at radius 1 is 1.45 bits per heavy atom. The molecule has 0 aromatic rings. The van der Waals surface area contributed by atoms with Crippen molar-refractivity contribution in [1.29, 1.82) is 0 Å². The largest absolute Gasteiger partial charge is 0.481 e. The number of rotatable bonds is 7. The van der Waals surface area contributed by atoms with Crippen molar-refractivity contribution in [2.45, 2.75) is 51.2 Å². The van der Waals surface area contributed by atoms with Gasteiger partial charge < -0.3 is 19.9 Å². The first-order chi connectivity index (χ1) is 9.53. The Kier molecular flexibility index (Phi) is 4.99. The fourth-order valence-electron chi connectivity index (χ4n) is 2.28. The van der Waals surface area contributed by atoms with Crippen LogP contribution in [0.2, 0.25) is 0 Å². The van der Waals surface area contributed by atoms with Crippen LogP contribution in [0.1, 0.15) is 39.0 Å². The summed E-state index contributed by atoms with van der Waals surface area (Å²) >= 11 is 0. The van der Waals surface area contributed by atoms with Gasteiger partial charge in [0.15, 0.2) is 0 Å². The fraction of sp³-hybridized carbons (Fsp3) is 0.857. The van der Waals surface area contributed by atoms with Gasteiger partial charge in [0.2, 0.25) is 5.91 Å². The van der Waals surface area contributed by atoms with E-state index in [0.717, 1.165) is 25.9 Å². The summed E-state index contributed by atoms with van der Waals surface area (Å²) in [4.78, 5) is 22.8. The third kappa shape index (κ3) is 3.93. The van der Waals surface area contributed by atoms with Gasteiger partial charge >= 0.3 is 5.97 Å². The van der Waals surface area contributed by atoms with Crippen LogP contribution in [0, 0.1) is 5.41 Å². The van der Waals surface area contributed by atoms with Crippen LogP contribution < -0.4 is 5.32 Å². The number of aliphatic carboxylic acids is 1. The predicted octanol–water partition coefficient (Wildman–Crippen LogP) is 0.942. The lowest BCUT2D eigenvalue weighted by Crippen LogP contribution is -2.41. The highest BCUT2D eigenvalue weighted by atomic mass is 16.5. The van der Waals surface area contributed by atoms with Gasteiger partial charge in [-0.15, -0.1) is 0 Å². The molecule has 0 radical (unpaired) electrons. The lowest BCUT2D eigenvalue weighted by atomic mass is 10.1. The molecular weight excluding hydrogens is 262 g/mol. The van der Waals surface area contributed by atoms with E-state index in [1.54, 1.807) is 6.92 Å². The van der Waals surface area contributed by atoms with Crippen molar-refractivity contribution < 1.29 is 24.2 Å². The van der Waals surface area contributed by atoms with Crippen LogP contribution >= 0.6 is 0 Å². The molecule has 0 aromatic carbocycles. The highest BCUT2D eigenvalue weighted by Crippen LogP contribution is 2.45. The van der Waals surface area contributed by atoms with E-state index in [1.807, 2.05) is 0 Å². The summed E-state index contributed by atoms with van der Waals surface area (Å²) in [6, 6.07) is 0. The molecule has 2 N–H and O–H groups in total. The number of carboxylic acids is 1. The van der Waals surface area contributed by atoms with Crippen LogP contribution in [0.15, 0.2) is 0 Å². The molecule has 6 nitrogen and oxygen atoms in total. The minimum atomic E-state index is -0.832. The first-order valence-electron chi connectivity index (χ1n) is 7.28. The molecule has 2 unspecified atom stereocenters. The van der Waals surface area contributed by atoms with Gasteiger partial charge in [0, 0.05) is 13.2 Å². The van der Waals surface area contributed by atoms with Gasteiger partial charge in [0.25, 0.3) is 0 Å². The van der Waals surface area contributed by atoms with E-state index in [1.165, 1.54) is 0 Å². The SMILES string of the molecule is CC(OCC1CCCCO1)C(=O)NCC1(C(=O)O)CC1. The van der Waals surface area contributed by atoms with Crippen LogP contribution in [0.25, 0.3) is 0 Å². The topological polar surface area (TPSA) is 84.9 Å². The number of carbonyl (C=O) groups excluding carboxylic acids is 1. The normalized spacial score (nSPS) is 25.8. The lowest BCUT2D eigenvalue weighted by Gasteiger charge is -2.24. The second-order valence-electron chi connectivity index (χ2n) is 5.77. The molecule has 1 saturated carbocycles. The standard InChI is InChI=1S/C14H23NO5/c1-10(20-8-11-4-2-3-7-19-11)12(16)15-9-14(5-6-14)13(17)18/h10-11H,2-9H2,1H3,(H,15,16)(H,17,18). The van der Waals surface area contributed by atoms with Crippen molar-refractivity contribution >= 4 is 11.9 Å². The molecular formula is C14H23NO5. The molecule has 0 aromatic heterocycles. The molecule has 1 saturated heterocycles. The monoisotopic (exact) mass is 285 g/mol. The van der Waals surface area contributed by atoms with E-state index in [2.05, 4.69) is 5.32 Å². The Hall–Kier alpha value is -1.14. The van der Waals surface area contributed by atoms with Crippen LogP contribution in [-0.2, 0) is 19.1 Å².